The summed E-state index contributed by atoms with van der Waals surface area (Å²) < 4.78 is 34.6. The van der Waals surface area contributed by atoms with Crippen LogP contribution >= 0.6 is 0 Å². The first kappa shape index (κ1) is 26.4. The highest BCUT2D eigenvalue weighted by Crippen LogP contribution is 2.31. The van der Waals surface area contributed by atoms with Crippen LogP contribution in [0.2, 0.25) is 0 Å². The van der Waals surface area contributed by atoms with Crippen molar-refractivity contribution in [2.45, 2.75) is 18.9 Å². The first-order valence-corrected chi connectivity index (χ1v) is 12.6. The van der Waals surface area contributed by atoms with Gasteiger partial charge in [0.1, 0.15) is 17.8 Å². The fourth-order valence-corrected chi connectivity index (χ4v) is 4.92. The number of methoxy groups -OCH3 is 1. The minimum absolute atomic E-state index is 0.236. The number of carbonyl (C=O) groups excluding carboxylic acids is 1. The van der Waals surface area contributed by atoms with Gasteiger partial charge in [0.15, 0.2) is 11.6 Å². The van der Waals surface area contributed by atoms with Gasteiger partial charge in [0.05, 0.1) is 18.3 Å². The van der Waals surface area contributed by atoms with E-state index in [1.807, 2.05) is 37.3 Å². The van der Waals surface area contributed by atoms with E-state index in [-0.39, 0.29) is 12.0 Å². The van der Waals surface area contributed by atoms with Gasteiger partial charge >= 0.3 is 6.03 Å². The third kappa shape index (κ3) is 5.79. The number of anilines is 1. The number of hydrogen-bond donors (Lipinski definition) is 2. The highest BCUT2D eigenvalue weighted by atomic mass is 19.2. The summed E-state index contributed by atoms with van der Waals surface area (Å²) in [5.74, 6) is -1.55. The SMILES string of the molecule is COCCN1C[C@@H](NC(=O)Nc2c(C)c(-c3cncnc3)nn2-c2ccccc2)[C@H](c2ccc(F)c(F)c2)C1. The zero-order valence-electron chi connectivity index (χ0n) is 21.6. The molecule has 0 saturated carbocycles. The highest BCUT2D eigenvalue weighted by molar-refractivity contribution is 5.91. The van der Waals surface area contributed by atoms with Gasteiger partial charge in [-0.2, -0.15) is 5.10 Å². The van der Waals surface area contributed by atoms with Gasteiger partial charge in [-0.15, -0.1) is 0 Å². The average Bonchev–Trinajstić information content (AvgIpc) is 3.50. The summed E-state index contributed by atoms with van der Waals surface area (Å²) in [6, 6.07) is 12.6. The Morgan fingerprint density at radius 3 is 2.56 bits per heavy atom. The number of urea groups is 1. The molecule has 1 aliphatic rings. The van der Waals surface area contributed by atoms with E-state index in [0.29, 0.717) is 43.3 Å². The van der Waals surface area contributed by atoms with Gasteiger partial charge < -0.3 is 10.1 Å². The van der Waals surface area contributed by atoms with Gasteiger partial charge in [-0.05, 0) is 36.8 Å². The molecule has 202 valence electrons. The number of amides is 2. The number of rotatable bonds is 8. The molecular formula is C28H29F2N7O2. The molecule has 2 aromatic carbocycles. The fraction of sp³-hybridized carbons (Fsp3) is 0.286. The second kappa shape index (κ2) is 11.7. The van der Waals surface area contributed by atoms with Crippen molar-refractivity contribution < 1.29 is 18.3 Å². The van der Waals surface area contributed by atoms with Crippen molar-refractivity contribution >= 4 is 11.8 Å². The Hall–Kier alpha value is -4.22. The quantitative estimate of drug-likeness (QED) is 0.353. The van der Waals surface area contributed by atoms with Crippen molar-refractivity contribution in [3.63, 3.8) is 0 Å². The second-order valence-corrected chi connectivity index (χ2v) is 9.43. The summed E-state index contributed by atoms with van der Waals surface area (Å²) in [5, 5.41) is 10.8. The molecule has 2 aromatic heterocycles. The lowest BCUT2D eigenvalue weighted by molar-refractivity contribution is 0.159. The molecule has 3 heterocycles. The molecule has 0 radical (unpaired) electrons. The van der Waals surface area contributed by atoms with E-state index in [1.165, 1.54) is 12.4 Å². The van der Waals surface area contributed by atoms with Crippen molar-refractivity contribution in [1.29, 1.82) is 0 Å². The Balaban J connectivity index is 1.42. The molecule has 0 aliphatic carbocycles. The molecule has 2 atom stereocenters. The largest absolute Gasteiger partial charge is 0.383 e. The molecule has 1 fully saturated rings. The number of likely N-dealkylation sites (tertiary alicyclic amines) is 1. The molecule has 0 unspecified atom stereocenters. The average molecular weight is 534 g/mol. The molecule has 0 spiro atoms. The van der Waals surface area contributed by atoms with Crippen LogP contribution in [-0.2, 0) is 4.74 Å². The van der Waals surface area contributed by atoms with Crippen molar-refractivity contribution in [1.82, 2.24) is 30.0 Å². The number of hydrogen-bond acceptors (Lipinski definition) is 6. The molecular weight excluding hydrogens is 504 g/mol. The van der Waals surface area contributed by atoms with Crippen LogP contribution in [0.15, 0.2) is 67.3 Å². The Bertz CT molecular complexity index is 1430. The van der Waals surface area contributed by atoms with Crippen LogP contribution in [0.25, 0.3) is 16.9 Å². The first-order chi connectivity index (χ1) is 18.9. The molecule has 1 saturated heterocycles. The van der Waals surface area contributed by atoms with Crippen LogP contribution in [0.5, 0.6) is 0 Å². The lowest BCUT2D eigenvalue weighted by atomic mass is 9.94. The van der Waals surface area contributed by atoms with Crippen LogP contribution in [0.1, 0.15) is 17.0 Å². The van der Waals surface area contributed by atoms with Crippen molar-refractivity contribution in [2.24, 2.45) is 0 Å². The molecule has 39 heavy (non-hydrogen) atoms. The predicted octanol–water partition coefficient (Wildman–Crippen LogP) is 4.15. The smallest absolute Gasteiger partial charge is 0.320 e. The van der Waals surface area contributed by atoms with Gasteiger partial charge in [0.2, 0.25) is 0 Å². The Kier molecular flexibility index (Phi) is 7.89. The fourth-order valence-electron chi connectivity index (χ4n) is 4.92. The van der Waals surface area contributed by atoms with Gasteiger partial charge in [-0.1, -0.05) is 24.3 Å². The predicted molar refractivity (Wildman–Crippen MR) is 143 cm³/mol. The van der Waals surface area contributed by atoms with E-state index in [0.717, 1.165) is 22.9 Å². The van der Waals surface area contributed by atoms with Gasteiger partial charge in [0.25, 0.3) is 0 Å². The number of aromatic nitrogens is 4. The normalized spacial score (nSPS) is 17.3. The summed E-state index contributed by atoms with van der Waals surface area (Å²) in [6.07, 6.45) is 4.78. The maximum absolute atomic E-state index is 14.1. The number of nitrogens with zero attached hydrogens (tertiary/aromatic N) is 5. The van der Waals surface area contributed by atoms with Crippen LogP contribution in [-0.4, -0.2) is 70.1 Å². The zero-order chi connectivity index (χ0) is 27.4. The number of nitrogens with one attached hydrogen (secondary N) is 2. The monoisotopic (exact) mass is 533 g/mol. The Labute approximate surface area is 224 Å². The molecule has 0 bridgehead atoms. The number of para-hydroxylation sites is 1. The topological polar surface area (TPSA) is 97.2 Å². The number of ether oxygens (including phenoxy) is 1. The second-order valence-electron chi connectivity index (χ2n) is 9.43. The third-order valence-electron chi connectivity index (χ3n) is 6.88. The standard InChI is InChI=1S/C28H29F2N7O2/c1-18-26(20-13-31-17-32-14-20)35-37(21-6-4-3-5-7-21)27(18)34-28(38)33-25-16-36(10-11-39-2)15-22(25)19-8-9-23(29)24(30)12-19/h3-9,12-14,17,22,25H,10-11,15-16H2,1-2H3,(H2,33,34,38)/t22-,25+/m0/s1. The first-order valence-electron chi connectivity index (χ1n) is 12.6. The van der Waals surface area contributed by atoms with Crippen molar-refractivity contribution in [3.05, 3.63) is 90.0 Å². The molecule has 4 aromatic rings. The summed E-state index contributed by atoms with van der Waals surface area (Å²) in [6.45, 7) is 4.14. The van der Waals surface area contributed by atoms with E-state index in [4.69, 9.17) is 9.84 Å². The maximum Gasteiger partial charge on any atom is 0.320 e. The summed E-state index contributed by atoms with van der Waals surface area (Å²) in [4.78, 5) is 23.7. The van der Waals surface area contributed by atoms with E-state index >= 15 is 0 Å². The van der Waals surface area contributed by atoms with E-state index in [1.54, 1.807) is 30.3 Å². The molecule has 2 amide bonds. The lowest BCUT2D eigenvalue weighted by Gasteiger charge is -2.21. The lowest BCUT2D eigenvalue weighted by Crippen LogP contribution is -2.42. The van der Waals surface area contributed by atoms with Crippen LogP contribution in [0, 0.1) is 18.6 Å². The van der Waals surface area contributed by atoms with Crippen molar-refractivity contribution in [2.75, 3.05) is 38.7 Å². The number of carbonyl (C=O) groups is 1. The highest BCUT2D eigenvalue weighted by Gasteiger charge is 2.35. The van der Waals surface area contributed by atoms with Gasteiger partial charge in [0, 0.05) is 56.2 Å². The summed E-state index contributed by atoms with van der Waals surface area (Å²) in [7, 11) is 1.63. The molecule has 9 nitrogen and oxygen atoms in total. The minimum Gasteiger partial charge on any atom is -0.383 e. The Morgan fingerprint density at radius 1 is 1.08 bits per heavy atom. The van der Waals surface area contributed by atoms with Gasteiger partial charge in [-0.3, -0.25) is 10.2 Å². The van der Waals surface area contributed by atoms with Gasteiger partial charge in [-0.25, -0.2) is 28.2 Å². The summed E-state index contributed by atoms with van der Waals surface area (Å²) in [5.41, 5.74) is 3.49. The van der Waals surface area contributed by atoms with Crippen LogP contribution < -0.4 is 10.6 Å². The summed E-state index contributed by atoms with van der Waals surface area (Å²) >= 11 is 0. The molecule has 2 N–H and O–H groups in total. The third-order valence-corrected chi connectivity index (χ3v) is 6.88. The molecule has 1 aliphatic heterocycles. The zero-order valence-corrected chi connectivity index (χ0v) is 21.6. The minimum atomic E-state index is -0.911. The van der Waals surface area contributed by atoms with E-state index in [2.05, 4.69) is 25.5 Å². The molecule has 11 heteroatoms. The Morgan fingerprint density at radius 2 is 1.85 bits per heavy atom. The number of halogens is 2. The van der Waals surface area contributed by atoms with Crippen molar-refractivity contribution in [3.8, 4) is 16.9 Å². The van der Waals surface area contributed by atoms with E-state index < -0.39 is 17.7 Å². The van der Waals surface area contributed by atoms with E-state index in [9.17, 15) is 13.6 Å². The van der Waals surface area contributed by atoms with Crippen LogP contribution in [0.4, 0.5) is 19.4 Å². The number of benzene rings is 2. The van der Waals surface area contributed by atoms with Crippen LogP contribution in [0.3, 0.4) is 0 Å². The molecule has 5 rings (SSSR count). The maximum atomic E-state index is 14.1.